The summed E-state index contributed by atoms with van der Waals surface area (Å²) in [4.78, 5) is 29.5. The molecule has 0 saturated carbocycles. The van der Waals surface area contributed by atoms with Crippen LogP contribution in [-0.2, 0) is 16.0 Å². The summed E-state index contributed by atoms with van der Waals surface area (Å²) in [6.45, 7) is 0.922. The topological polar surface area (TPSA) is 65.2 Å². The van der Waals surface area contributed by atoms with Crippen LogP contribution in [0.15, 0.2) is 54.7 Å². The fourth-order valence-electron chi connectivity index (χ4n) is 3.54. The van der Waals surface area contributed by atoms with Crippen molar-refractivity contribution in [3.05, 3.63) is 66.1 Å². The van der Waals surface area contributed by atoms with E-state index in [-0.39, 0.29) is 30.0 Å². The molecule has 4 rings (SSSR count). The number of carbonyl (C=O) groups excluding carboxylic acids is 2. The number of aromatic amines is 1. The van der Waals surface area contributed by atoms with E-state index in [1.54, 1.807) is 11.0 Å². The molecule has 2 aromatic carbocycles. The number of carbonyl (C=O) groups is 2. The van der Waals surface area contributed by atoms with Crippen molar-refractivity contribution in [3.63, 3.8) is 0 Å². The predicted octanol–water partition coefficient (Wildman–Crippen LogP) is 3.34. The molecule has 5 nitrogen and oxygen atoms in total. The molecule has 2 amide bonds. The van der Waals surface area contributed by atoms with Crippen LogP contribution in [0.1, 0.15) is 12.0 Å². The van der Waals surface area contributed by atoms with Gasteiger partial charge in [0.1, 0.15) is 5.82 Å². The van der Waals surface area contributed by atoms with Gasteiger partial charge in [-0.3, -0.25) is 9.59 Å². The lowest BCUT2D eigenvalue weighted by Crippen LogP contribution is -2.29. The maximum Gasteiger partial charge on any atom is 0.229 e. The lowest BCUT2D eigenvalue weighted by atomic mass is 10.1. The van der Waals surface area contributed by atoms with Crippen LogP contribution in [0.25, 0.3) is 10.9 Å². The Morgan fingerprint density at radius 2 is 2.04 bits per heavy atom. The third-order valence-corrected chi connectivity index (χ3v) is 5.01. The van der Waals surface area contributed by atoms with Gasteiger partial charge in [0.05, 0.1) is 5.92 Å². The first-order chi connectivity index (χ1) is 13.1. The van der Waals surface area contributed by atoms with Crippen molar-refractivity contribution in [2.45, 2.75) is 12.8 Å². The standard InChI is InChI=1S/C21H20FN3O2/c22-16-6-7-19-18(11-16)14(12-23-19)8-9-25-13-15(10-20(25)26)21(27)24-17-4-2-1-3-5-17/h1-7,11-12,15,23H,8-10,13H2,(H,24,27)/t15-/m0/s1. The number of para-hydroxylation sites is 1. The molecule has 3 aromatic rings. The molecule has 2 heterocycles. The molecule has 0 unspecified atom stereocenters. The van der Waals surface area contributed by atoms with Crippen LogP contribution in [0.4, 0.5) is 10.1 Å². The van der Waals surface area contributed by atoms with Crippen LogP contribution in [0, 0.1) is 11.7 Å². The van der Waals surface area contributed by atoms with Crippen LogP contribution in [0.3, 0.4) is 0 Å². The largest absolute Gasteiger partial charge is 0.361 e. The van der Waals surface area contributed by atoms with E-state index in [1.165, 1.54) is 12.1 Å². The molecular formula is C21H20FN3O2. The number of hydrogen-bond acceptors (Lipinski definition) is 2. The van der Waals surface area contributed by atoms with E-state index in [9.17, 15) is 14.0 Å². The van der Waals surface area contributed by atoms with Crippen LogP contribution in [0.2, 0.25) is 0 Å². The van der Waals surface area contributed by atoms with E-state index >= 15 is 0 Å². The first kappa shape index (κ1) is 17.3. The molecule has 138 valence electrons. The number of likely N-dealkylation sites (tertiary alicyclic amines) is 1. The minimum absolute atomic E-state index is 0.0192. The number of aromatic nitrogens is 1. The summed E-state index contributed by atoms with van der Waals surface area (Å²) >= 11 is 0. The second-order valence-electron chi connectivity index (χ2n) is 6.85. The van der Waals surface area contributed by atoms with Crippen molar-refractivity contribution < 1.29 is 14.0 Å². The number of halogens is 1. The number of nitrogens with zero attached hydrogens (tertiary/aromatic N) is 1. The molecule has 1 atom stereocenters. The van der Waals surface area contributed by atoms with E-state index in [0.29, 0.717) is 19.5 Å². The van der Waals surface area contributed by atoms with E-state index in [2.05, 4.69) is 10.3 Å². The highest BCUT2D eigenvalue weighted by Crippen LogP contribution is 2.23. The fourth-order valence-corrected chi connectivity index (χ4v) is 3.54. The summed E-state index contributed by atoms with van der Waals surface area (Å²) in [5.74, 6) is -0.781. The van der Waals surface area contributed by atoms with Gasteiger partial charge in [-0.2, -0.15) is 0 Å². The van der Waals surface area contributed by atoms with Crippen molar-refractivity contribution in [1.29, 1.82) is 0 Å². The van der Waals surface area contributed by atoms with Crippen LogP contribution in [-0.4, -0.2) is 34.8 Å². The van der Waals surface area contributed by atoms with Gasteiger partial charge in [-0.15, -0.1) is 0 Å². The minimum atomic E-state index is -0.349. The predicted molar refractivity (Wildman–Crippen MR) is 102 cm³/mol. The number of amides is 2. The Hall–Kier alpha value is -3.15. The SMILES string of the molecule is O=C(Nc1ccccc1)[C@H]1CC(=O)N(CCc2c[nH]c3ccc(F)cc23)C1. The summed E-state index contributed by atoms with van der Waals surface area (Å²) < 4.78 is 13.5. The van der Waals surface area contributed by atoms with Gasteiger partial charge < -0.3 is 15.2 Å². The van der Waals surface area contributed by atoms with Gasteiger partial charge in [-0.1, -0.05) is 18.2 Å². The van der Waals surface area contributed by atoms with Gasteiger partial charge in [-0.25, -0.2) is 4.39 Å². The quantitative estimate of drug-likeness (QED) is 0.728. The van der Waals surface area contributed by atoms with Crippen LogP contribution in [0.5, 0.6) is 0 Å². The Morgan fingerprint density at radius 1 is 1.22 bits per heavy atom. The Kier molecular flexibility index (Phi) is 4.62. The van der Waals surface area contributed by atoms with Gasteiger partial charge in [0, 0.05) is 42.3 Å². The highest BCUT2D eigenvalue weighted by molar-refractivity contribution is 5.97. The Labute approximate surface area is 156 Å². The maximum atomic E-state index is 13.5. The highest BCUT2D eigenvalue weighted by Gasteiger charge is 2.34. The lowest BCUT2D eigenvalue weighted by molar-refractivity contribution is -0.128. The summed E-state index contributed by atoms with van der Waals surface area (Å²) in [5.41, 5.74) is 2.57. The molecule has 0 bridgehead atoms. The molecule has 0 radical (unpaired) electrons. The van der Waals surface area contributed by atoms with Crippen molar-refractivity contribution in [2.75, 3.05) is 18.4 Å². The summed E-state index contributed by atoms with van der Waals surface area (Å²) in [5, 5.41) is 3.69. The zero-order valence-electron chi connectivity index (χ0n) is 14.7. The average molecular weight is 365 g/mol. The van der Waals surface area contributed by atoms with E-state index in [4.69, 9.17) is 0 Å². The van der Waals surface area contributed by atoms with Crippen LogP contribution >= 0.6 is 0 Å². The monoisotopic (exact) mass is 365 g/mol. The molecule has 0 aliphatic carbocycles. The third-order valence-electron chi connectivity index (χ3n) is 5.01. The molecule has 1 fully saturated rings. The normalized spacial score (nSPS) is 16.9. The first-order valence-corrected chi connectivity index (χ1v) is 8.99. The number of rotatable bonds is 5. The Balaban J connectivity index is 1.38. The molecule has 0 spiro atoms. The second-order valence-corrected chi connectivity index (χ2v) is 6.85. The molecular weight excluding hydrogens is 345 g/mol. The van der Waals surface area contributed by atoms with E-state index in [1.807, 2.05) is 36.5 Å². The molecule has 6 heteroatoms. The molecule has 27 heavy (non-hydrogen) atoms. The van der Waals surface area contributed by atoms with Gasteiger partial charge in [0.2, 0.25) is 11.8 Å². The third kappa shape index (κ3) is 3.69. The average Bonchev–Trinajstić information content (AvgIpc) is 3.24. The molecule has 1 aliphatic heterocycles. The summed E-state index contributed by atoms with van der Waals surface area (Å²) in [7, 11) is 0. The molecule has 1 aromatic heterocycles. The van der Waals surface area contributed by atoms with Crippen molar-refractivity contribution in [2.24, 2.45) is 5.92 Å². The number of fused-ring (bicyclic) bond motifs is 1. The molecule has 1 saturated heterocycles. The first-order valence-electron chi connectivity index (χ1n) is 8.99. The summed E-state index contributed by atoms with van der Waals surface area (Å²) in [6.07, 6.45) is 2.69. The number of benzene rings is 2. The van der Waals surface area contributed by atoms with Crippen molar-refractivity contribution >= 4 is 28.4 Å². The minimum Gasteiger partial charge on any atom is -0.361 e. The number of anilines is 1. The number of nitrogens with one attached hydrogen (secondary N) is 2. The highest BCUT2D eigenvalue weighted by atomic mass is 19.1. The zero-order chi connectivity index (χ0) is 18.8. The maximum absolute atomic E-state index is 13.5. The fraction of sp³-hybridized carbons (Fsp3) is 0.238. The Bertz CT molecular complexity index is 984. The summed E-state index contributed by atoms with van der Waals surface area (Å²) in [6, 6.07) is 13.9. The number of H-pyrrole nitrogens is 1. The van der Waals surface area contributed by atoms with Crippen molar-refractivity contribution in [1.82, 2.24) is 9.88 Å². The molecule has 1 aliphatic rings. The van der Waals surface area contributed by atoms with Gasteiger partial charge in [0.25, 0.3) is 0 Å². The number of hydrogen-bond donors (Lipinski definition) is 2. The second kappa shape index (κ2) is 7.23. The Morgan fingerprint density at radius 3 is 2.85 bits per heavy atom. The molecule has 2 N–H and O–H groups in total. The zero-order valence-corrected chi connectivity index (χ0v) is 14.7. The van der Waals surface area contributed by atoms with Gasteiger partial charge >= 0.3 is 0 Å². The smallest absolute Gasteiger partial charge is 0.229 e. The van der Waals surface area contributed by atoms with E-state index < -0.39 is 0 Å². The van der Waals surface area contributed by atoms with Crippen LogP contribution < -0.4 is 5.32 Å². The van der Waals surface area contributed by atoms with Gasteiger partial charge in [0.15, 0.2) is 0 Å². The van der Waals surface area contributed by atoms with Gasteiger partial charge in [-0.05, 0) is 42.3 Å². The van der Waals surface area contributed by atoms with E-state index in [0.717, 1.165) is 22.2 Å². The lowest BCUT2D eigenvalue weighted by Gasteiger charge is -2.16. The van der Waals surface area contributed by atoms with Crippen molar-refractivity contribution in [3.8, 4) is 0 Å².